The first-order valence-electron chi connectivity index (χ1n) is 9.03. The lowest BCUT2D eigenvalue weighted by atomic mass is 10.3. The van der Waals surface area contributed by atoms with Crippen LogP contribution < -0.4 is 19.7 Å². The molecule has 0 atom stereocenters. The fourth-order valence-corrected chi connectivity index (χ4v) is 2.99. The van der Waals surface area contributed by atoms with Crippen LogP contribution in [0.1, 0.15) is 12.7 Å². The molecule has 3 rings (SSSR count). The SMILES string of the molecule is CCOc1cc(N2CCN(C(=O)Nc3ccccc3OC)CC2)nc(C)n1. The Bertz CT molecular complexity index is 791. The van der Waals surface area contributed by atoms with E-state index in [9.17, 15) is 4.79 Å². The summed E-state index contributed by atoms with van der Waals surface area (Å²) in [5, 5.41) is 2.92. The number of nitrogens with zero attached hydrogens (tertiary/aromatic N) is 4. The van der Waals surface area contributed by atoms with Crippen LogP contribution in [0.15, 0.2) is 30.3 Å². The van der Waals surface area contributed by atoms with Crippen molar-refractivity contribution in [2.75, 3.05) is 50.1 Å². The topological polar surface area (TPSA) is 79.8 Å². The molecular weight excluding hydrogens is 346 g/mol. The maximum atomic E-state index is 12.6. The lowest BCUT2D eigenvalue weighted by Crippen LogP contribution is -2.50. The van der Waals surface area contributed by atoms with Crippen molar-refractivity contribution in [1.29, 1.82) is 0 Å². The third kappa shape index (κ3) is 4.58. The molecule has 0 bridgehead atoms. The van der Waals surface area contributed by atoms with Gasteiger partial charge in [0.05, 0.1) is 19.4 Å². The summed E-state index contributed by atoms with van der Waals surface area (Å²) in [6.45, 7) is 6.94. The highest BCUT2D eigenvalue weighted by Crippen LogP contribution is 2.24. The lowest BCUT2D eigenvalue weighted by molar-refractivity contribution is 0.208. The van der Waals surface area contributed by atoms with Gasteiger partial charge in [-0.3, -0.25) is 0 Å². The first kappa shape index (κ1) is 18.8. The number of hydrogen-bond acceptors (Lipinski definition) is 6. The Labute approximate surface area is 159 Å². The summed E-state index contributed by atoms with van der Waals surface area (Å²) < 4.78 is 10.8. The Morgan fingerprint density at radius 1 is 1.19 bits per heavy atom. The highest BCUT2D eigenvalue weighted by molar-refractivity contribution is 5.91. The lowest BCUT2D eigenvalue weighted by Gasteiger charge is -2.35. The van der Waals surface area contributed by atoms with Gasteiger partial charge in [-0.2, -0.15) is 4.98 Å². The smallest absolute Gasteiger partial charge is 0.322 e. The van der Waals surface area contributed by atoms with Gasteiger partial charge in [0.25, 0.3) is 0 Å². The molecule has 2 heterocycles. The minimum atomic E-state index is -0.131. The van der Waals surface area contributed by atoms with Crippen molar-refractivity contribution in [3.63, 3.8) is 0 Å². The molecule has 1 aliphatic heterocycles. The Kier molecular flexibility index (Phi) is 5.95. The van der Waals surface area contributed by atoms with E-state index in [4.69, 9.17) is 9.47 Å². The van der Waals surface area contributed by atoms with Gasteiger partial charge in [-0.15, -0.1) is 0 Å². The van der Waals surface area contributed by atoms with E-state index in [1.165, 1.54) is 0 Å². The number of hydrogen-bond donors (Lipinski definition) is 1. The molecule has 1 N–H and O–H groups in total. The van der Waals surface area contributed by atoms with E-state index in [0.29, 0.717) is 55.9 Å². The van der Waals surface area contributed by atoms with E-state index in [-0.39, 0.29) is 6.03 Å². The third-order valence-electron chi connectivity index (χ3n) is 4.33. The summed E-state index contributed by atoms with van der Waals surface area (Å²) in [5.74, 6) is 2.73. The van der Waals surface area contributed by atoms with Gasteiger partial charge in [0.1, 0.15) is 17.4 Å². The van der Waals surface area contributed by atoms with Crippen LogP contribution in [0.4, 0.5) is 16.3 Å². The van der Waals surface area contributed by atoms with E-state index in [1.54, 1.807) is 12.0 Å². The summed E-state index contributed by atoms with van der Waals surface area (Å²) >= 11 is 0. The van der Waals surface area contributed by atoms with Crippen LogP contribution in [0.2, 0.25) is 0 Å². The monoisotopic (exact) mass is 371 g/mol. The molecule has 27 heavy (non-hydrogen) atoms. The van der Waals surface area contributed by atoms with Crippen molar-refractivity contribution in [1.82, 2.24) is 14.9 Å². The van der Waals surface area contributed by atoms with Crippen LogP contribution in [-0.4, -0.2) is 60.8 Å². The molecule has 8 nitrogen and oxygen atoms in total. The largest absolute Gasteiger partial charge is 0.495 e. The zero-order valence-corrected chi connectivity index (χ0v) is 15.9. The molecule has 2 aromatic rings. The predicted octanol–water partition coefficient (Wildman–Crippen LogP) is 2.55. The van der Waals surface area contributed by atoms with Crippen molar-refractivity contribution in [2.45, 2.75) is 13.8 Å². The van der Waals surface area contributed by atoms with Crippen LogP contribution in [0, 0.1) is 6.92 Å². The molecule has 0 aliphatic carbocycles. The number of nitrogens with one attached hydrogen (secondary N) is 1. The maximum Gasteiger partial charge on any atom is 0.322 e. The van der Waals surface area contributed by atoms with Crippen molar-refractivity contribution in [3.05, 3.63) is 36.2 Å². The summed E-state index contributed by atoms with van der Waals surface area (Å²) in [6.07, 6.45) is 0. The van der Waals surface area contributed by atoms with Crippen LogP contribution >= 0.6 is 0 Å². The molecular formula is C19H25N5O3. The number of carbonyl (C=O) groups is 1. The first-order chi connectivity index (χ1) is 13.1. The zero-order chi connectivity index (χ0) is 19.2. The summed E-state index contributed by atoms with van der Waals surface area (Å²) in [7, 11) is 1.59. The van der Waals surface area contributed by atoms with E-state index < -0.39 is 0 Å². The van der Waals surface area contributed by atoms with E-state index in [1.807, 2.05) is 44.2 Å². The Morgan fingerprint density at radius 2 is 1.93 bits per heavy atom. The average Bonchev–Trinajstić information content (AvgIpc) is 2.68. The fraction of sp³-hybridized carbons (Fsp3) is 0.421. The molecule has 0 unspecified atom stereocenters. The number of methoxy groups -OCH3 is 1. The highest BCUT2D eigenvalue weighted by Gasteiger charge is 2.23. The van der Waals surface area contributed by atoms with Gasteiger partial charge < -0.3 is 24.6 Å². The molecule has 1 aliphatic rings. The van der Waals surface area contributed by atoms with Crippen LogP contribution in [0.3, 0.4) is 0 Å². The second-order valence-electron chi connectivity index (χ2n) is 6.15. The molecule has 8 heteroatoms. The zero-order valence-electron chi connectivity index (χ0n) is 15.9. The second kappa shape index (κ2) is 8.57. The van der Waals surface area contributed by atoms with Crippen molar-refractivity contribution >= 4 is 17.5 Å². The van der Waals surface area contributed by atoms with Gasteiger partial charge in [-0.25, -0.2) is 9.78 Å². The van der Waals surface area contributed by atoms with Crippen LogP contribution in [0.25, 0.3) is 0 Å². The number of urea groups is 1. The number of ether oxygens (including phenoxy) is 2. The number of aromatic nitrogens is 2. The van der Waals surface area contributed by atoms with E-state index in [2.05, 4.69) is 20.2 Å². The van der Waals surface area contributed by atoms with Crippen molar-refractivity contribution in [2.24, 2.45) is 0 Å². The average molecular weight is 371 g/mol. The standard InChI is InChI=1S/C19H25N5O3/c1-4-27-18-13-17(20-14(2)21-18)23-9-11-24(12-10-23)19(25)22-15-7-5-6-8-16(15)26-3/h5-8,13H,4,9-12H2,1-3H3,(H,22,25). The minimum absolute atomic E-state index is 0.131. The molecule has 0 spiro atoms. The molecule has 1 aromatic carbocycles. The summed E-state index contributed by atoms with van der Waals surface area (Å²) in [4.78, 5) is 25.3. The number of anilines is 2. The van der Waals surface area contributed by atoms with Crippen LogP contribution in [-0.2, 0) is 0 Å². The Balaban J connectivity index is 1.61. The molecule has 144 valence electrons. The maximum absolute atomic E-state index is 12.6. The molecule has 2 amide bonds. The minimum Gasteiger partial charge on any atom is -0.495 e. The Morgan fingerprint density at radius 3 is 2.63 bits per heavy atom. The number of benzene rings is 1. The number of aryl methyl sites for hydroxylation is 1. The Hall–Kier alpha value is -3.03. The molecule has 0 radical (unpaired) electrons. The normalized spacial score (nSPS) is 14.0. The number of amides is 2. The number of carbonyl (C=O) groups excluding carboxylic acids is 1. The van der Waals surface area contributed by atoms with Gasteiger partial charge in [0.2, 0.25) is 5.88 Å². The third-order valence-corrected chi connectivity index (χ3v) is 4.33. The predicted molar refractivity (Wildman–Crippen MR) is 104 cm³/mol. The number of rotatable bonds is 5. The summed E-state index contributed by atoms with van der Waals surface area (Å²) in [6, 6.07) is 9.10. The fourth-order valence-electron chi connectivity index (χ4n) is 2.99. The first-order valence-corrected chi connectivity index (χ1v) is 9.03. The summed E-state index contributed by atoms with van der Waals surface area (Å²) in [5.41, 5.74) is 0.667. The molecule has 1 aromatic heterocycles. The quantitative estimate of drug-likeness (QED) is 0.870. The van der Waals surface area contributed by atoms with E-state index >= 15 is 0 Å². The number of piperazine rings is 1. The highest BCUT2D eigenvalue weighted by atomic mass is 16.5. The molecule has 0 saturated carbocycles. The van der Waals surface area contributed by atoms with Crippen molar-refractivity contribution in [3.8, 4) is 11.6 Å². The van der Waals surface area contributed by atoms with Gasteiger partial charge in [0, 0.05) is 32.2 Å². The van der Waals surface area contributed by atoms with Crippen molar-refractivity contribution < 1.29 is 14.3 Å². The van der Waals surface area contributed by atoms with Gasteiger partial charge in [-0.05, 0) is 26.0 Å². The molecule has 1 saturated heterocycles. The van der Waals surface area contributed by atoms with Gasteiger partial charge in [-0.1, -0.05) is 12.1 Å². The van der Waals surface area contributed by atoms with E-state index in [0.717, 1.165) is 5.82 Å². The van der Waals surface area contributed by atoms with Crippen LogP contribution in [0.5, 0.6) is 11.6 Å². The van der Waals surface area contributed by atoms with Gasteiger partial charge in [0.15, 0.2) is 0 Å². The second-order valence-corrected chi connectivity index (χ2v) is 6.15. The molecule has 1 fully saturated rings. The van der Waals surface area contributed by atoms with Gasteiger partial charge >= 0.3 is 6.03 Å². The number of para-hydroxylation sites is 2.